The van der Waals surface area contributed by atoms with E-state index in [-0.39, 0.29) is 0 Å². The Bertz CT molecular complexity index is 159. The van der Waals surface area contributed by atoms with Crippen molar-refractivity contribution in [3.05, 3.63) is 12.2 Å². The zero-order valence-electron chi connectivity index (χ0n) is 7.37. The van der Waals surface area contributed by atoms with Crippen LogP contribution in [0.2, 0.25) is 0 Å². The summed E-state index contributed by atoms with van der Waals surface area (Å²) in [4.78, 5) is 0. The minimum atomic E-state index is 0.329. The normalized spacial score (nSPS) is 36.7. The first-order chi connectivity index (χ1) is 5.97. The van der Waals surface area contributed by atoms with Crippen molar-refractivity contribution in [1.82, 2.24) is 0 Å². The minimum absolute atomic E-state index is 0.329. The van der Waals surface area contributed by atoms with E-state index >= 15 is 0 Å². The molecule has 0 amide bonds. The molecule has 12 heavy (non-hydrogen) atoms. The Kier molecular flexibility index (Phi) is 2.79. The Morgan fingerprint density at radius 1 is 1.00 bits per heavy atom. The maximum Gasteiger partial charge on any atom is 0.0875 e. The predicted molar refractivity (Wildman–Crippen MR) is 47.1 cm³/mol. The van der Waals surface area contributed by atoms with Crippen LogP contribution in [0, 0.1) is 0 Å². The lowest BCUT2D eigenvalue weighted by Crippen LogP contribution is -2.35. The molecule has 0 bridgehead atoms. The Balaban J connectivity index is 1.85. The van der Waals surface area contributed by atoms with Gasteiger partial charge in [0.1, 0.15) is 0 Å². The van der Waals surface area contributed by atoms with Crippen molar-refractivity contribution in [1.29, 1.82) is 0 Å². The van der Waals surface area contributed by atoms with Gasteiger partial charge in [0.25, 0.3) is 0 Å². The molecule has 0 aliphatic carbocycles. The second kappa shape index (κ2) is 4.06. The molecule has 2 aliphatic rings. The van der Waals surface area contributed by atoms with E-state index in [0.717, 1.165) is 19.6 Å². The van der Waals surface area contributed by atoms with Crippen molar-refractivity contribution in [2.75, 3.05) is 13.2 Å². The van der Waals surface area contributed by atoms with Crippen molar-refractivity contribution in [3.8, 4) is 0 Å². The average Bonchev–Trinajstić information content (AvgIpc) is 2.21. The molecule has 0 saturated carbocycles. The molecular weight excluding hydrogens is 152 g/mol. The molecule has 2 rings (SSSR count). The van der Waals surface area contributed by atoms with E-state index < -0.39 is 0 Å². The van der Waals surface area contributed by atoms with E-state index in [0.29, 0.717) is 12.2 Å². The van der Waals surface area contributed by atoms with Crippen LogP contribution in [0.5, 0.6) is 0 Å². The van der Waals surface area contributed by atoms with Gasteiger partial charge < -0.3 is 9.47 Å². The molecule has 2 atom stereocenters. The lowest BCUT2D eigenvalue weighted by Gasteiger charge is -2.31. The summed E-state index contributed by atoms with van der Waals surface area (Å²) in [6, 6.07) is 0. The van der Waals surface area contributed by atoms with E-state index in [1.54, 1.807) is 0 Å². The summed E-state index contributed by atoms with van der Waals surface area (Å²) in [5.41, 5.74) is 0. The lowest BCUT2D eigenvalue weighted by atomic mass is 10.0. The number of hydrogen-bond donors (Lipinski definition) is 0. The van der Waals surface area contributed by atoms with Crippen molar-refractivity contribution < 1.29 is 9.47 Å². The van der Waals surface area contributed by atoms with Gasteiger partial charge in [0.05, 0.1) is 18.8 Å². The zero-order chi connectivity index (χ0) is 8.23. The van der Waals surface area contributed by atoms with Crippen molar-refractivity contribution in [2.45, 2.75) is 37.9 Å². The van der Waals surface area contributed by atoms with Crippen molar-refractivity contribution in [2.24, 2.45) is 0 Å². The van der Waals surface area contributed by atoms with E-state index in [4.69, 9.17) is 9.47 Å². The van der Waals surface area contributed by atoms with Gasteiger partial charge in [-0.25, -0.2) is 0 Å². The van der Waals surface area contributed by atoms with Gasteiger partial charge in [0.15, 0.2) is 0 Å². The predicted octanol–water partition coefficient (Wildman–Crippen LogP) is 1.90. The summed E-state index contributed by atoms with van der Waals surface area (Å²) < 4.78 is 11.3. The Morgan fingerprint density at radius 3 is 2.67 bits per heavy atom. The van der Waals surface area contributed by atoms with Gasteiger partial charge in [-0.3, -0.25) is 0 Å². The van der Waals surface area contributed by atoms with Gasteiger partial charge in [-0.2, -0.15) is 0 Å². The van der Waals surface area contributed by atoms with E-state index in [1.165, 1.54) is 19.3 Å². The highest BCUT2D eigenvalue weighted by Crippen LogP contribution is 2.21. The third-order valence-corrected chi connectivity index (χ3v) is 2.57. The van der Waals surface area contributed by atoms with Crippen LogP contribution in [0.3, 0.4) is 0 Å². The van der Waals surface area contributed by atoms with Gasteiger partial charge in [-0.15, -0.1) is 0 Å². The average molecular weight is 168 g/mol. The molecule has 2 heteroatoms. The highest BCUT2D eigenvalue weighted by atomic mass is 16.5. The summed E-state index contributed by atoms with van der Waals surface area (Å²) in [5.74, 6) is 0. The second-order valence-electron chi connectivity index (χ2n) is 3.48. The fourth-order valence-corrected chi connectivity index (χ4v) is 1.86. The first-order valence-electron chi connectivity index (χ1n) is 4.85. The molecule has 1 saturated heterocycles. The van der Waals surface area contributed by atoms with Crippen LogP contribution in [-0.4, -0.2) is 25.4 Å². The fourth-order valence-electron chi connectivity index (χ4n) is 1.86. The molecule has 0 aromatic heterocycles. The van der Waals surface area contributed by atoms with Crippen LogP contribution in [0.15, 0.2) is 12.2 Å². The molecule has 2 heterocycles. The van der Waals surface area contributed by atoms with Crippen LogP contribution in [0.25, 0.3) is 0 Å². The number of rotatable bonds is 1. The molecule has 0 spiro atoms. The van der Waals surface area contributed by atoms with Crippen LogP contribution < -0.4 is 0 Å². The summed E-state index contributed by atoms with van der Waals surface area (Å²) in [5, 5.41) is 0. The monoisotopic (exact) mass is 168 g/mol. The first kappa shape index (κ1) is 8.27. The molecule has 68 valence electrons. The molecule has 2 nitrogen and oxygen atoms in total. The Morgan fingerprint density at radius 2 is 2.00 bits per heavy atom. The highest BCUT2D eigenvalue weighted by molar-refractivity contribution is 4.92. The smallest absolute Gasteiger partial charge is 0.0875 e. The minimum Gasteiger partial charge on any atom is -0.376 e. The first-order valence-corrected chi connectivity index (χ1v) is 4.85. The van der Waals surface area contributed by atoms with Gasteiger partial charge in [0, 0.05) is 6.61 Å². The zero-order valence-corrected chi connectivity index (χ0v) is 7.37. The Hall–Kier alpha value is -0.340. The summed E-state index contributed by atoms with van der Waals surface area (Å²) in [7, 11) is 0. The topological polar surface area (TPSA) is 18.5 Å². The van der Waals surface area contributed by atoms with Crippen molar-refractivity contribution >= 4 is 0 Å². The third-order valence-electron chi connectivity index (χ3n) is 2.57. The van der Waals surface area contributed by atoms with E-state index in [2.05, 4.69) is 12.2 Å². The molecule has 0 radical (unpaired) electrons. The number of ether oxygens (including phenoxy) is 2. The quantitative estimate of drug-likeness (QED) is 0.557. The van der Waals surface area contributed by atoms with E-state index in [9.17, 15) is 0 Å². The van der Waals surface area contributed by atoms with Crippen LogP contribution in [0.1, 0.15) is 25.7 Å². The highest BCUT2D eigenvalue weighted by Gasteiger charge is 2.24. The van der Waals surface area contributed by atoms with Gasteiger partial charge in [-0.05, 0) is 25.7 Å². The summed E-state index contributed by atoms with van der Waals surface area (Å²) in [6.45, 7) is 1.69. The molecule has 0 aromatic carbocycles. The SMILES string of the molecule is C1=CCC(C2CCCCO2)OC1. The molecule has 1 fully saturated rings. The lowest BCUT2D eigenvalue weighted by molar-refractivity contribution is -0.0874. The maximum atomic E-state index is 5.66. The van der Waals surface area contributed by atoms with Crippen LogP contribution >= 0.6 is 0 Å². The van der Waals surface area contributed by atoms with Gasteiger partial charge >= 0.3 is 0 Å². The molecule has 0 N–H and O–H groups in total. The van der Waals surface area contributed by atoms with E-state index in [1.807, 2.05) is 0 Å². The maximum absolute atomic E-state index is 5.66. The summed E-state index contributed by atoms with van der Waals surface area (Å²) in [6.07, 6.45) is 9.71. The third kappa shape index (κ3) is 1.87. The molecule has 2 unspecified atom stereocenters. The van der Waals surface area contributed by atoms with Gasteiger partial charge in [0.2, 0.25) is 0 Å². The number of hydrogen-bond acceptors (Lipinski definition) is 2. The van der Waals surface area contributed by atoms with Crippen LogP contribution in [0.4, 0.5) is 0 Å². The largest absolute Gasteiger partial charge is 0.376 e. The van der Waals surface area contributed by atoms with Crippen LogP contribution in [-0.2, 0) is 9.47 Å². The fraction of sp³-hybridized carbons (Fsp3) is 0.800. The standard InChI is InChI=1S/C10H16O2/c1-3-7-11-9(5-1)10-6-2-4-8-12-10/h1,3,9-10H,2,4-8H2. The molecule has 0 aromatic rings. The van der Waals surface area contributed by atoms with Crippen molar-refractivity contribution in [3.63, 3.8) is 0 Å². The molecule has 2 aliphatic heterocycles. The second-order valence-corrected chi connectivity index (χ2v) is 3.48. The molecular formula is C10H16O2. The van der Waals surface area contributed by atoms with Gasteiger partial charge in [-0.1, -0.05) is 12.2 Å². The Labute approximate surface area is 73.5 Å². The summed E-state index contributed by atoms with van der Waals surface area (Å²) >= 11 is 0.